The average Bonchev–Trinajstić information content (AvgIpc) is 3.14. The zero-order valence-electron chi connectivity index (χ0n) is 33.9. The molecular weight excluding hydrogens is 699 g/mol. The summed E-state index contributed by atoms with van der Waals surface area (Å²) in [7, 11) is 0. The standard InChI is InChI=1S/C41H77NO8S2/c1-6-9-12-15-18-21-32-51-34-36(4)40(45)49-30-28-47-38(43)23-26-42(25-20-17-14-11-8-3)27-24-39(44)48-29-31-50-41(46)37(5)35-52-33-22-19-16-13-10-7-2/h36-37H,6-35H2,1-5H3. The first-order valence-electron chi connectivity index (χ1n) is 20.8. The molecule has 0 saturated carbocycles. The maximum Gasteiger partial charge on any atom is 0.309 e. The number of rotatable bonds is 38. The number of nitrogens with zero attached hydrogens (tertiary/aromatic N) is 1. The van der Waals surface area contributed by atoms with E-state index in [1.807, 2.05) is 13.8 Å². The van der Waals surface area contributed by atoms with E-state index in [1.54, 1.807) is 23.5 Å². The number of esters is 4. The third-order valence-corrected chi connectivity index (χ3v) is 11.5. The molecule has 0 aromatic rings. The monoisotopic (exact) mass is 776 g/mol. The Hall–Kier alpha value is -1.46. The molecule has 0 aliphatic heterocycles. The molecule has 0 N–H and O–H groups in total. The van der Waals surface area contributed by atoms with Gasteiger partial charge >= 0.3 is 23.9 Å². The molecule has 2 atom stereocenters. The summed E-state index contributed by atoms with van der Waals surface area (Å²) < 4.78 is 21.3. The van der Waals surface area contributed by atoms with Crippen molar-refractivity contribution in [2.75, 3.05) is 69.1 Å². The van der Waals surface area contributed by atoms with Gasteiger partial charge in [0.05, 0.1) is 24.7 Å². The molecule has 306 valence electrons. The normalized spacial score (nSPS) is 12.4. The zero-order chi connectivity index (χ0) is 38.5. The smallest absolute Gasteiger partial charge is 0.309 e. The van der Waals surface area contributed by atoms with Crippen molar-refractivity contribution < 1.29 is 38.1 Å². The maximum atomic E-state index is 12.4. The molecule has 0 bridgehead atoms. The minimum Gasteiger partial charge on any atom is -0.462 e. The van der Waals surface area contributed by atoms with Crippen LogP contribution >= 0.6 is 23.5 Å². The van der Waals surface area contributed by atoms with Crippen molar-refractivity contribution in [2.24, 2.45) is 11.8 Å². The van der Waals surface area contributed by atoms with Crippen LogP contribution in [-0.4, -0.2) is 97.9 Å². The SMILES string of the molecule is CCCCCCCCSCC(C)C(=O)OCCOC(=O)CCN(CCCCCCC)CCC(=O)OCCOC(=O)C(C)CSCCCCCCCC. The number of carbonyl (C=O) groups is 4. The largest absolute Gasteiger partial charge is 0.462 e. The summed E-state index contributed by atoms with van der Waals surface area (Å²) in [6.07, 6.45) is 21.2. The molecule has 0 radical (unpaired) electrons. The van der Waals surface area contributed by atoms with Gasteiger partial charge in [-0.05, 0) is 37.3 Å². The number of ether oxygens (including phenoxy) is 4. The maximum absolute atomic E-state index is 12.4. The van der Waals surface area contributed by atoms with Gasteiger partial charge in [0.15, 0.2) is 0 Å². The van der Waals surface area contributed by atoms with E-state index in [0.717, 1.165) is 42.4 Å². The summed E-state index contributed by atoms with van der Waals surface area (Å²) in [5.41, 5.74) is 0. The van der Waals surface area contributed by atoms with E-state index in [-0.39, 0.29) is 75.0 Å². The lowest BCUT2D eigenvalue weighted by Gasteiger charge is -2.21. The van der Waals surface area contributed by atoms with Crippen LogP contribution in [0.1, 0.15) is 157 Å². The van der Waals surface area contributed by atoms with Gasteiger partial charge in [0.25, 0.3) is 0 Å². The second kappa shape index (κ2) is 37.8. The molecule has 0 rings (SSSR count). The predicted molar refractivity (Wildman–Crippen MR) is 218 cm³/mol. The molecule has 0 aromatic heterocycles. The highest BCUT2D eigenvalue weighted by Gasteiger charge is 2.17. The van der Waals surface area contributed by atoms with Crippen LogP contribution in [0.2, 0.25) is 0 Å². The Morgan fingerprint density at radius 2 is 0.808 bits per heavy atom. The van der Waals surface area contributed by atoms with Crippen LogP contribution < -0.4 is 0 Å². The lowest BCUT2D eigenvalue weighted by atomic mass is 10.1. The van der Waals surface area contributed by atoms with Crippen molar-refractivity contribution in [1.82, 2.24) is 4.90 Å². The van der Waals surface area contributed by atoms with Crippen LogP contribution in [0.5, 0.6) is 0 Å². The lowest BCUT2D eigenvalue weighted by molar-refractivity contribution is -0.154. The molecule has 9 nitrogen and oxygen atoms in total. The first-order valence-corrected chi connectivity index (χ1v) is 23.1. The van der Waals surface area contributed by atoms with Crippen LogP contribution in [0, 0.1) is 11.8 Å². The van der Waals surface area contributed by atoms with Crippen molar-refractivity contribution >= 4 is 47.4 Å². The van der Waals surface area contributed by atoms with E-state index >= 15 is 0 Å². The number of hydrogen-bond donors (Lipinski definition) is 0. The summed E-state index contributed by atoms with van der Waals surface area (Å²) in [5.74, 6) is 2.00. The molecule has 11 heteroatoms. The second-order valence-corrected chi connectivity index (χ2v) is 16.3. The molecule has 0 heterocycles. The summed E-state index contributed by atoms with van der Waals surface area (Å²) in [4.78, 5) is 51.6. The van der Waals surface area contributed by atoms with Gasteiger partial charge in [-0.3, -0.25) is 19.2 Å². The topological polar surface area (TPSA) is 108 Å². The van der Waals surface area contributed by atoms with Gasteiger partial charge in [0.1, 0.15) is 26.4 Å². The van der Waals surface area contributed by atoms with Crippen LogP contribution in [0.4, 0.5) is 0 Å². The van der Waals surface area contributed by atoms with Gasteiger partial charge < -0.3 is 23.8 Å². The van der Waals surface area contributed by atoms with Gasteiger partial charge in [-0.1, -0.05) is 125 Å². The number of thioether (sulfide) groups is 2. The molecule has 0 amide bonds. The van der Waals surface area contributed by atoms with Crippen LogP contribution in [0.25, 0.3) is 0 Å². The van der Waals surface area contributed by atoms with Crippen molar-refractivity contribution in [3.05, 3.63) is 0 Å². The lowest BCUT2D eigenvalue weighted by Crippen LogP contribution is -2.31. The van der Waals surface area contributed by atoms with Gasteiger partial charge in [-0.15, -0.1) is 0 Å². The van der Waals surface area contributed by atoms with Crippen LogP contribution in [0.15, 0.2) is 0 Å². The zero-order valence-corrected chi connectivity index (χ0v) is 35.5. The van der Waals surface area contributed by atoms with Gasteiger partial charge in [0.2, 0.25) is 0 Å². The molecule has 52 heavy (non-hydrogen) atoms. The fourth-order valence-electron chi connectivity index (χ4n) is 5.42. The van der Waals surface area contributed by atoms with Gasteiger partial charge in [-0.25, -0.2) is 0 Å². The Kier molecular flexibility index (Phi) is 36.8. The van der Waals surface area contributed by atoms with Crippen molar-refractivity contribution in [3.63, 3.8) is 0 Å². The van der Waals surface area contributed by atoms with Crippen molar-refractivity contribution in [1.29, 1.82) is 0 Å². The fraction of sp³-hybridized carbons (Fsp3) is 0.902. The van der Waals surface area contributed by atoms with E-state index in [2.05, 4.69) is 25.7 Å². The molecule has 2 unspecified atom stereocenters. The van der Waals surface area contributed by atoms with Gasteiger partial charge in [-0.2, -0.15) is 23.5 Å². The number of unbranched alkanes of at least 4 members (excludes halogenated alkanes) is 14. The molecule has 0 aromatic carbocycles. The summed E-state index contributed by atoms with van der Waals surface area (Å²) in [6.45, 7) is 12.3. The van der Waals surface area contributed by atoms with Gasteiger partial charge in [0, 0.05) is 24.6 Å². The Bertz CT molecular complexity index is 816. The fourth-order valence-corrected chi connectivity index (χ4v) is 7.55. The number of hydrogen-bond acceptors (Lipinski definition) is 11. The van der Waals surface area contributed by atoms with E-state index in [9.17, 15) is 19.2 Å². The van der Waals surface area contributed by atoms with E-state index in [1.165, 1.54) is 96.3 Å². The first kappa shape index (κ1) is 50.5. The van der Waals surface area contributed by atoms with Crippen molar-refractivity contribution in [2.45, 2.75) is 157 Å². The summed E-state index contributed by atoms with van der Waals surface area (Å²) in [5, 5.41) is 0. The van der Waals surface area contributed by atoms with E-state index in [0.29, 0.717) is 13.1 Å². The Morgan fingerprint density at radius 1 is 0.462 bits per heavy atom. The Labute approximate surface area is 326 Å². The van der Waals surface area contributed by atoms with Crippen LogP contribution in [-0.2, 0) is 38.1 Å². The molecule has 0 spiro atoms. The summed E-state index contributed by atoms with van der Waals surface area (Å²) >= 11 is 3.59. The second-order valence-electron chi connectivity index (χ2n) is 14.0. The third kappa shape index (κ3) is 33.1. The molecule has 0 saturated heterocycles. The summed E-state index contributed by atoms with van der Waals surface area (Å²) in [6, 6.07) is 0. The quantitative estimate of drug-likeness (QED) is 0.0340. The Balaban J connectivity index is 4.25. The minimum absolute atomic E-state index is 0.0346. The average molecular weight is 776 g/mol. The van der Waals surface area contributed by atoms with E-state index in [4.69, 9.17) is 18.9 Å². The highest BCUT2D eigenvalue weighted by molar-refractivity contribution is 7.99. The molecular formula is C41H77NO8S2. The third-order valence-electron chi connectivity index (χ3n) is 8.85. The Morgan fingerprint density at radius 3 is 1.21 bits per heavy atom. The molecule has 0 fully saturated rings. The number of carbonyl (C=O) groups excluding carboxylic acids is 4. The van der Waals surface area contributed by atoms with E-state index < -0.39 is 0 Å². The minimum atomic E-state index is -0.353. The highest BCUT2D eigenvalue weighted by atomic mass is 32.2. The highest BCUT2D eigenvalue weighted by Crippen LogP contribution is 2.15. The first-order chi connectivity index (χ1) is 25.2. The molecule has 0 aliphatic carbocycles. The molecule has 0 aliphatic rings. The van der Waals surface area contributed by atoms with Crippen molar-refractivity contribution in [3.8, 4) is 0 Å². The predicted octanol–water partition coefficient (Wildman–Crippen LogP) is 9.67. The van der Waals surface area contributed by atoms with Crippen LogP contribution in [0.3, 0.4) is 0 Å².